The van der Waals surface area contributed by atoms with Crippen molar-refractivity contribution in [3.8, 4) is 11.8 Å². The Hall–Kier alpha value is -3.17. The Labute approximate surface area is 221 Å². The van der Waals surface area contributed by atoms with Gasteiger partial charge in [0.05, 0.1) is 34.8 Å². The van der Waals surface area contributed by atoms with Gasteiger partial charge in [-0.05, 0) is 68.3 Å². The fraction of sp³-hybridized carbons (Fsp3) is 0.500. The summed E-state index contributed by atoms with van der Waals surface area (Å²) in [6, 6.07) is 6.28. The molecule has 7 rings (SSSR count). The molecule has 38 heavy (non-hydrogen) atoms. The number of hydrogen-bond donors (Lipinski definition) is 2. The van der Waals surface area contributed by atoms with Crippen LogP contribution in [0.4, 0.5) is 19.0 Å². The molecule has 1 amide bonds. The summed E-state index contributed by atoms with van der Waals surface area (Å²) in [5.74, 6) is 5.87. The number of amides is 1. The highest BCUT2D eigenvalue weighted by molar-refractivity contribution is 8.00. The van der Waals surface area contributed by atoms with E-state index in [9.17, 15) is 18.0 Å². The van der Waals surface area contributed by atoms with Gasteiger partial charge in [-0.25, -0.2) is 4.52 Å². The predicted octanol–water partition coefficient (Wildman–Crippen LogP) is 4.05. The van der Waals surface area contributed by atoms with E-state index in [1.807, 2.05) is 6.07 Å². The van der Waals surface area contributed by atoms with E-state index in [2.05, 4.69) is 37.6 Å². The molecule has 3 aromatic heterocycles. The molecule has 4 fully saturated rings. The van der Waals surface area contributed by atoms with Crippen LogP contribution in [0.3, 0.4) is 0 Å². The molecule has 12 heteroatoms. The molecule has 0 aromatic carbocycles. The van der Waals surface area contributed by atoms with Crippen LogP contribution in [-0.2, 0) is 0 Å². The van der Waals surface area contributed by atoms with Crippen molar-refractivity contribution in [1.29, 1.82) is 0 Å². The van der Waals surface area contributed by atoms with Crippen molar-refractivity contribution < 1.29 is 18.0 Å². The smallest absolute Gasteiger partial charge is 0.366 e. The molecule has 2 bridgehead atoms. The van der Waals surface area contributed by atoms with Crippen molar-refractivity contribution in [3.05, 3.63) is 41.9 Å². The van der Waals surface area contributed by atoms with Gasteiger partial charge in [0.15, 0.2) is 0 Å². The molecule has 6 heterocycles. The molecule has 8 nitrogen and oxygen atoms in total. The van der Waals surface area contributed by atoms with Gasteiger partial charge < -0.3 is 10.6 Å². The van der Waals surface area contributed by atoms with E-state index in [0.717, 1.165) is 38.6 Å². The highest BCUT2D eigenvalue weighted by Crippen LogP contribution is 2.55. The lowest BCUT2D eigenvalue weighted by Crippen LogP contribution is -2.41. The topological polar surface area (TPSA) is 79.3 Å². The highest BCUT2D eigenvalue weighted by atomic mass is 32.2. The fourth-order valence-electron chi connectivity index (χ4n) is 6.09. The maximum atomic E-state index is 13.5. The summed E-state index contributed by atoms with van der Waals surface area (Å²) in [5.41, 5.74) is -3.25. The molecule has 0 radical (unpaired) electrons. The van der Waals surface area contributed by atoms with Crippen LogP contribution < -0.4 is 10.6 Å². The minimum atomic E-state index is -4.49. The number of piperidine rings is 2. The fourth-order valence-corrected chi connectivity index (χ4v) is 6.77. The van der Waals surface area contributed by atoms with Gasteiger partial charge in [-0.15, -0.1) is 0 Å². The number of carbonyl (C=O) groups is 1. The maximum Gasteiger partial charge on any atom is 0.446 e. The summed E-state index contributed by atoms with van der Waals surface area (Å²) in [7, 11) is 0. The first-order valence-electron chi connectivity index (χ1n) is 12.9. The summed E-state index contributed by atoms with van der Waals surface area (Å²) in [5, 5.41) is 14.9. The molecule has 3 saturated heterocycles. The van der Waals surface area contributed by atoms with Crippen LogP contribution in [0.15, 0.2) is 35.5 Å². The van der Waals surface area contributed by atoms with Crippen molar-refractivity contribution in [2.45, 2.75) is 72.6 Å². The highest BCUT2D eigenvalue weighted by Gasteiger charge is 2.63. The van der Waals surface area contributed by atoms with Crippen LogP contribution in [0.25, 0.3) is 5.52 Å². The van der Waals surface area contributed by atoms with Gasteiger partial charge in [0.1, 0.15) is 11.5 Å². The molecular formula is C26H26F3N7OS. The molecule has 1 saturated carbocycles. The average Bonchev–Trinajstić information content (AvgIpc) is 3.76. The summed E-state index contributed by atoms with van der Waals surface area (Å²) in [4.78, 5) is 14.9. The number of aromatic nitrogens is 4. The number of carbonyl (C=O) groups excluding carboxylic acids is 1. The van der Waals surface area contributed by atoms with Gasteiger partial charge in [0, 0.05) is 30.4 Å². The van der Waals surface area contributed by atoms with Gasteiger partial charge in [-0.1, -0.05) is 12.0 Å². The molecule has 2 unspecified atom stereocenters. The summed E-state index contributed by atoms with van der Waals surface area (Å²) in [6.07, 6.45) is 9.89. The molecule has 1 aliphatic carbocycles. The van der Waals surface area contributed by atoms with E-state index in [0.29, 0.717) is 34.5 Å². The number of alkyl halides is 3. The van der Waals surface area contributed by atoms with Gasteiger partial charge in [-0.2, -0.15) is 23.4 Å². The Morgan fingerprint density at radius 1 is 1.21 bits per heavy atom. The summed E-state index contributed by atoms with van der Waals surface area (Å²) >= 11 is -0.211. The van der Waals surface area contributed by atoms with Crippen molar-refractivity contribution in [2.75, 3.05) is 18.4 Å². The zero-order valence-corrected chi connectivity index (χ0v) is 21.3. The maximum absolute atomic E-state index is 13.5. The van der Waals surface area contributed by atoms with Crippen LogP contribution in [0.1, 0.15) is 60.6 Å². The number of nitrogens with one attached hydrogen (secondary N) is 2. The Morgan fingerprint density at radius 3 is 2.84 bits per heavy atom. The van der Waals surface area contributed by atoms with Gasteiger partial charge >= 0.3 is 5.51 Å². The molecule has 3 aliphatic heterocycles. The van der Waals surface area contributed by atoms with Crippen LogP contribution in [0.5, 0.6) is 0 Å². The quantitative estimate of drug-likeness (QED) is 0.279. The molecule has 2 N–H and O–H groups in total. The second-order valence-corrected chi connectivity index (χ2v) is 11.7. The Morgan fingerprint density at radius 2 is 2.05 bits per heavy atom. The Kier molecular flexibility index (Phi) is 5.46. The van der Waals surface area contributed by atoms with Crippen LogP contribution in [0, 0.1) is 11.8 Å². The number of pyridine rings is 1. The number of hydrogen-bond acceptors (Lipinski definition) is 6. The second kappa shape index (κ2) is 8.68. The standard InChI is InChI=1S/C26H26F3N7OS/c27-26(28,29)38-23-19(3-2-12-30-24(37)16-13-31-35(14-16)17-6-7-17)33-36-21(23)4-1-5-22(36)32-18-8-10-25-11-9-20(18)34(25)15-25/h1,4-5,13-14,17-18,20,32H,6-12,15H2,(H,30,37)/t18-,20-,25?,34?/m1/s1. The Bertz CT molecular complexity index is 1480. The monoisotopic (exact) mass is 541 g/mol. The zero-order valence-electron chi connectivity index (χ0n) is 20.5. The van der Waals surface area contributed by atoms with E-state index in [1.54, 1.807) is 23.0 Å². The molecule has 3 aromatic rings. The van der Waals surface area contributed by atoms with Crippen molar-refractivity contribution in [2.24, 2.45) is 0 Å². The van der Waals surface area contributed by atoms with Crippen molar-refractivity contribution in [1.82, 2.24) is 29.6 Å². The number of rotatable bonds is 6. The predicted molar refractivity (Wildman–Crippen MR) is 136 cm³/mol. The molecule has 198 valence electrons. The van der Waals surface area contributed by atoms with Gasteiger partial charge in [-0.3, -0.25) is 14.4 Å². The Balaban J connectivity index is 1.11. The zero-order chi connectivity index (χ0) is 26.1. The first-order valence-corrected chi connectivity index (χ1v) is 13.7. The first kappa shape index (κ1) is 23.9. The number of halogens is 3. The van der Waals surface area contributed by atoms with Crippen molar-refractivity contribution in [3.63, 3.8) is 0 Å². The molecular weight excluding hydrogens is 515 g/mol. The van der Waals surface area contributed by atoms with Crippen LogP contribution >= 0.6 is 11.8 Å². The third-order valence-corrected chi connectivity index (χ3v) is 8.99. The van der Waals surface area contributed by atoms with E-state index in [4.69, 9.17) is 0 Å². The van der Waals surface area contributed by atoms with Gasteiger partial charge in [0.25, 0.3) is 5.91 Å². The number of anilines is 1. The summed E-state index contributed by atoms with van der Waals surface area (Å²) in [6.45, 7) is 1.14. The van der Waals surface area contributed by atoms with E-state index in [-0.39, 0.29) is 40.8 Å². The van der Waals surface area contributed by atoms with Crippen LogP contribution in [0.2, 0.25) is 0 Å². The van der Waals surface area contributed by atoms with Gasteiger partial charge in [0.2, 0.25) is 0 Å². The number of thioether (sulfide) groups is 1. The normalized spacial score (nSPS) is 27.5. The third-order valence-electron chi connectivity index (χ3n) is 8.15. The SMILES string of the molecule is O=C(NCC#Cc1nn2c(N[C@@H]3CCC45CC[C@H]3N4C5)cccc2c1SC(F)(F)F)c1cnn(C2CC2)c1. The largest absolute Gasteiger partial charge is 0.446 e. The van der Waals surface area contributed by atoms with E-state index < -0.39 is 5.51 Å². The lowest BCUT2D eigenvalue weighted by molar-refractivity contribution is -0.0327. The lowest BCUT2D eigenvalue weighted by Gasteiger charge is -2.31. The van der Waals surface area contributed by atoms with Crippen LogP contribution in [-0.4, -0.2) is 66.4 Å². The molecule has 0 spiro atoms. The molecule has 4 atom stereocenters. The summed E-state index contributed by atoms with van der Waals surface area (Å²) < 4.78 is 43.8. The molecule has 4 aliphatic rings. The minimum Gasteiger partial charge on any atom is -0.366 e. The lowest BCUT2D eigenvalue weighted by atomic mass is 9.98. The van der Waals surface area contributed by atoms with Crippen molar-refractivity contribution >= 4 is 29.0 Å². The third kappa shape index (κ3) is 4.31. The average molecular weight is 542 g/mol. The van der Waals surface area contributed by atoms with E-state index in [1.165, 1.54) is 17.1 Å². The minimum absolute atomic E-state index is 0.0239. The van der Waals surface area contributed by atoms with E-state index >= 15 is 0 Å². The number of nitrogens with zero attached hydrogens (tertiary/aromatic N) is 5. The second-order valence-electron chi connectivity index (χ2n) is 10.6. The number of fused-ring (bicyclic) bond motifs is 1. The first-order chi connectivity index (χ1) is 18.3.